The molecule has 0 radical (unpaired) electrons. The van der Waals surface area contributed by atoms with E-state index in [0.29, 0.717) is 39.0 Å². The minimum atomic E-state index is -1.43. The number of phenolic OH excluding ortho intramolecular Hbond substituents is 2. The quantitative estimate of drug-likeness (QED) is 0.276. The van der Waals surface area contributed by atoms with Crippen LogP contribution in [0, 0.1) is 0 Å². The summed E-state index contributed by atoms with van der Waals surface area (Å²) in [6.07, 6.45) is -5.08. The van der Waals surface area contributed by atoms with E-state index < -0.39 is 31.2 Å². The van der Waals surface area contributed by atoms with Gasteiger partial charge in [-0.1, -0.05) is 12.1 Å². The molecule has 0 amide bonds. The van der Waals surface area contributed by atoms with Gasteiger partial charge < -0.3 is 48.9 Å². The van der Waals surface area contributed by atoms with Crippen LogP contribution in [0.1, 0.15) is 0 Å². The third-order valence-corrected chi connectivity index (χ3v) is 6.09. The molecule has 0 bridgehead atoms. The summed E-state index contributed by atoms with van der Waals surface area (Å²) in [5, 5.41) is 50.8. The second-order valence-corrected chi connectivity index (χ2v) is 8.15. The van der Waals surface area contributed by atoms with Crippen LogP contribution in [-0.2, 0) is 4.74 Å². The van der Waals surface area contributed by atoms with Gasteiger partial charge in [0.2, 0.25) is 6.29 Å². The topological polar surface area (TPSA) is 151 Å². The minimum absolute atomic E-state index is 0.0290. The van der Waals surface area contributed by atoms with E-state index in [4.69, 9.17) is 23.4 Å². The summed E-state index contributed by atoms with van der Waals surface area (Å²) in [6.45, 7) is -0.504. The number of methoxy groups -OCH3 is 2. The Morgan fingerprint density at radius 2 is 1.66 bits per heavy atom. The summed E-state index contributed by atoms with van der Waals surface area (Å²) in [5.41, 5.74) is 2.12. The molecule has 35 heavy (non-hydrogen) atoms. The number of phenols is 2. The van der Waals surface area contributed by atoms with E-state index in [2.05, 4.69) is 0 Å². The summed E-state index contributed by atoms with van der Waals surface area (Å²) in [4.78, 5) is 0. The Hall–Kier alpha value is -3.70. The average Bonchev–Trinajstić information content (AvgIpc) is 3.35. The van der Waals surface area contributed by atoms with Crippen molar-refractivity contribution >= 4 is 21.9 Å². The highest BCUT2D eigenvalue weighted by atomic mass is 16.7. The predicted molar refractivity (Wildman–Crippen MR) is 124 cm³/mol. The molecule has 1 aliphatic rings. The first-order valence-corrected chi connectivity index (χ1v) is 10.8. The second kappa shape index (κ2) is 8.82. The summed E-state index contributed by atoms with van der Waals surface area (Å²) in [6, 6.07) is 11.2. The van der Waals surface area contributed by atoms with Crippen molar-refractivity contribution < 1.29 is 48.9 Å². The van der Waals surface area contributed by atoms with E-state index in [9.17, 15) is 25.5 Å². The monoisotopic (exact) mass is 484 g/mol. The number of aliphatic hydroxyl groups is 3. The maximum atomic E-state index is 10.6. The molecule has 5 rings (SSSR count). The third kappa shape index (κ3) is 3.76. The van der Waals surface area contributed by atoms with Gasteiger partial charge in [0.15, 0.2) is 22.8 Å². The minimum Gasteiger partial charge on any atom is -0.508 e. The lowest BCUT2D eigenvalue weighted by Gasteiger charge is -2.17. The van der Waals surface area contributed by atoms with Gasteiger partial charge in [0, 0.05) is 17.0 Å². The largest absolute Gasteiger partial charge is 0.508 e. The lowest BCUT2D eigenvalue weighted by Crippen LogP contribution is -2.35. The number of hydrogen-bond donors (Lipinski definition) is 5. The number of furan rings is 1. The Morgan fingerprint density at radius 1 is 0.914 bits per heavy atom. The molecule has 3 aromatic carbocycles. The lowest BCUT2D eigenvalue weighted by atomic mass is 10.0. The molecular formula is C25H24O10. The fourth-order valence-electron chi connectivity index (χ4n) is 4.31. The van der Waals surface area contributed by atoms with Crippen LogP contribution in [0.4, 0.5) is 0 Å². The molecule has 184 valence electrons. The van der Waals surface area contributed by atoms with Crippen molar-refractivity contribution in [1.29, 1.82) is 0 Å². The van der Waals surface area contributed by atoms with Gasteiger partial charge >= 0.3 is 0 Å². The zero-order valence-corrected chi connectivity index (χ0v) is 18.8. The number of hydrogen-bond acceptors (Lipinski definition) is 10. The third-order valence-electron chi connectivity index (χ3n) is 6.09. The standard InChI is InChI=1S/C25H24O10/c1-31-18-7-13(11-3-5-12(27)6-4-11)23(32-2)24-20(18)14-8-17(15(28)9-16(14)33-24)34-25-22(30)21(29)19(10-26)35-25/h3-9,19,21-22,25-30H,10H2,1-2H3/t19-,21+,22+,25+/m0/s1. The molecule has 2 heterocycles. The summed E-state index contributed by atoms with van der Waals surface area (Å²) >= 11 is 0. The molecular weight excluding hydrogens is 460 g/mol. The highest BCUT2D eigenvalue weighted by molar-refractivity contribution is 6.13. The maximum absolute atomic E-state index is 10.6. The number of ether oxygens (including phenoxy) is 4. The van der Waals surface area contributed by atoms with Crippen molar-refractivity contribution in [3.8, 4) is 39.9 Å². The molecule has 1 aliphatic heterocycles. The van der Waals surface area contributed by atoms with Crippen LogP contribution in [0.25, 0.3) is 33.1 Å². The highest BCUT2D eigenvalue weighted by Gasteiger charge is 2.44. The number of rotatable bonds is 6. The molecule has 5 N–H and O–H groups in total. The van der Waals surface area contributed by atoms with Crippen molar-refractivity contribution in [1.82, 2.24) is 0 Å². The van der Waals surface area contributed by atoms with Gasteiger partial charge in [-0.15, -0.1) is 0 Å². The van der Waals surface area contributed by atoms with E-state index >= 15 is 0 Å². The first-order valence-electron chi connectivity index (χ1n) is 10.8. The first kappa shape index (κ1) is 23.1. The van der Waals surface area contributed by atoms with Crippen LogP contribution in [0.15, 0.2) is 46.9 Å². The summed E-state index contributed by atoms with van der Waals surface area (Å²) in [5.74, 6) is 0.701. The van der Waals surface area contributed by atoms with Gasteiger partial charge in [-0.05, 0) is 29.8 Å². The highest BCUT2D eigenvalue weighted by Crippen LogP contribution is 2.48. The Kier molecular flexibility index (Phi) is 5.81. The first-order chi connectivity index (χ1) is 16.9. The van der Waals surface area contributed by atoms with E-state index in [1.807, 2.05) is 0 Å². The van der Waals surface area contributed by atoms with Gasteiger partial charge in [-0.2, -0.15) is 0 Å². The maximum Gasteiger partial charge on any atom is 0.229 e. The molecule has 0 saturated carbocycles. The number of aromatic hydroxyl groups is 2. The molecule has 4 atom stereocenters. The number of aliphatic hydroxyl groups excluding tert-OH is 3. The number of fused-ring (bicyclic) bond motifs is 3. The SMILES string of the molecule is COc1c(-c2ccc(O)cc2)cc(OC)c2c1oc1cc(O)c(O[C@@H]3O[C@@H](CO)[C@@H](O)[C@H]3O)cc12. The Bertz CT molecular complexity index is 1380. The molecule has 0 spiro atoms. The van der Waals surface area contributed by atoms with Crippen molar-refractivity contribution in [2.24, 2.45) is 0 Å². The lowest BCUT2D eigenvalue weighted by molar-refractivity contribution is -0.117. The molecule has 10 heteroatoms. The molecule has 4 aromatic rings. The molecule has 0 unspecified atom stereocenters. The molecule has 1 aromatic heterocycles. The average molecular weight is 484 g/mol. The van der Waals surface area contributed by atoms with Crippen molar-refractivity contribution in [3.63, 3.8) is 0 Å². The van der Waals surface area contributed by atoms with Crippen LogP contribution in [0.2, 0.25) is 0 Å². The second-order valence-electron chi connectivity index (χ2n) is 8.15. The van der Waals surface area contributed by atoms with Crippen molar-refractivity contribution in [2.45, 2.75) is 24.6 Å². The summed E-state index contributed by atoms with van der Waals surface area (Å²) < 4.78 is 28.4. The van der Waals surface area contributed by atoms with E-state index in [1.165, 1.54) is 26.4 Å². The molecule has 0 aliphatic carbocycles. The van der Waals surface area contributed by atoms with Crippen molar-refractivity contribution in [2.75, 3.05) is 20.8 Å². The Morgan fingerprint density at radius 3 is 2.29 bits per heavy atom. The Labute approximate surface area is 199 Å². The zero-order valence-electron chi connectivity index (χ0n) is 18.8. The number of benzene rings is 3. The van der Waals surface area contributed by atoms with Gasteiger partial charge in [0.05, 0.1) is 26.2 Å². The van der Waals surface area contributed by atoms with Crippen LogP contribution < -0.4 is 14.2 Å². The van der Waals surface area contributed by atoms with E-state index in [0.717, 1.165) is 5.56 Å². The molecule has 1 fully saturated rings. The van der Waals surface area contributed by atoms with Crippen LogP contribution in [0.3, 0.4) is 0 Å². The van der Waals surface area contributed by atoms with Crippen LogP contribution >= 0.6 is 0 Å². The molecule has 1 saturated heterocycles. The van der Waals surface area contributed by atoms with Crippen molar-refractivity contribution in [3.05, 3.63) is 42.5 Å². The van der Waals surface area contributed by atoms with Gasteiger partial charge in [0.25, 0.3) is 0 Å². The zero-order chi connectivity index (χ0) is 24.9. The fraction of sp³-hybridized carbons (Fsp3) is 0.280. The fourth-order valence-corrected chi connectivity index (χ4v) is 4.31. The smallest absolute Gasteiger partial charge is 0.229 e. The van der Waals surface area contributed by atoms with Crippen LogP contribution in [0.5, 0.6) is 28.7 Å². The van der Waals surface area contributed by atoms with E-state index in [-0.39, 0.29) is 17.2 Å². The summed E-state index contributed by atoms with van der Waals surface area (Å²) in [7, 11) is 3.02. The van der Waals surface area contributed by atoms with Crippen LogP contribution in [-0.4, -0.2) is 71.0 Å². The predicted octanol–water partition coefficient (Wildman–Crippen LogP) is 2.50. The normalized spacial score (nSPS) is 22.1. The molecule has 10 nitrogen and oxygen atoms in total. The van der Waals surface area contributed by atoms with Gasteiger partial charge in [-0.25, -0.2) is 0 Å². The van der Waals surface area contributed by atoms with E-state index in [1.54, 1.807) is 30.3 Å². The van der Waals surface area contributed by atoms with Gasteiger partial charge in [0.1, 0.15) is 35.4 Å². The Balaban J connectivity index is 1.65. The van der Waals surface area contributed by atoms with Gasteiger partial charge in [-0.3, -0.25) is 0 Å².